The normalized spacial score (nSPS) is 15.8. The highest BCUT2D eigenvalue weighted by atomic mass is 16.5. The van der Waals surface area contributed by atoms with E-state index in [9.17, 15) is 9.90 Å². The lowest BCUT2D eigenvalue weighted by Gasteiger charge is -2.37. The maximum Gasteiger partial charge on any atom is 0.342 e. The van der Waals surface area contributed by atoms with Gasteiger partial charge in [0.1, 0.15) is 17.9 Å². The SMILES string of the molecule is Cc1cccc(-c2cccc(-n3ncc(C(=O)O)c3OC(C)C)n2)c1OCc1ccc2c(c1)CCN(C1CCOCC1)C2. The Morgan fingerprint density at radius 1 is 1.09 bits per heavy atom. The number of hydrogen-bond donors (Lipinski definition) is 1. The fraction of sp³-hybridized carbons (Fsp3) is 0.382. The van der Waals surface area contributed by atoms with Gasteiger partial charge in [0, 0.05) is 37.9 Å². The van der Waals surface area contributed by atoms with Crippen molar-refractivity contribution >= 4 is 5.97 Å². The van der Waals surface area contributed by atoms with Crippen LogP contribution in [0.4, 0.5) is 0 Å². The van der Waals surface area contributed by atoms with Crippen molar-refractivity contribution in [1.82, 2.24) is 19.7 Å². The summed E-state index contributed by atoms with van der Waals surface area (Å²) in [6.45, 7) is 9.98. The maximum absolute atomic E-state index is 11.8. The van der Waals surface area contributed by atoms with E-state index in [4.69, 9.17) is 19.2 Å². The molecule has 0 bridgehead atoms. The average molecular weight is 583 g/mol. The molecule has 0 saturated carbocycles. The van der Waals surface area contributed by atoms with E-state index in [0.29, 0.717) is 24.2 Å². The van der Waals surface area contributed by atoms with Crippen LogP contribution in [0.2, 0.25) is 0 Å². The monoisotopic (exact) mass is 582 g/mol. The van der Waals surface area contributed by atoms with Gasteiger partial charge < -0.3 is 19.3 Å². The van der Waals surface area contributed by atoms with Crippen LogP contribution in [0.25, 0.3) is 17.1 Å². The largest absolute Gasteiger partial charge is 0.488 e. The van der Waals surface area contributed by atoms with Crippen molar-refractivity contribution in [2.75, 3.05) is 19.8 Å². The second kappa shape index (κ2) is 12.6. The average Bonchev–Trinajstić information content (AvgIpc) is 3.43. The Labute approximate surface area is 252 Å². The van der Waals surface area contributed by atoms with Crippen molar-refractivity contribution in [3.05, 3.63) is 88.6 Å². The van der Waals surface area contributed by atoms with Crippen LogP contribution in [0.15, 0.2) is 60.8 Å². The Balaban J connectivity index is 1.22. The van der Waals surface area contributed by atoms with E-state index in [1.165, 1.54) is 22.0 Å². The molecule has 1 saturated heterocycles. The third-order valence-electron chi connectivity index (χ3n) is 8.14. The molecular weight excluding hydrogens is 544 g/mol. The van der Waals surface area contributed by atoms with Crippen LogP contribution in [0, 0.1) is 6.92 Å². The van der Waals surface area contributed by atoms with E-state index < -0.39 is 5.97 Å². The Hall–Kier alpha value is -4.21. The molecule has 0 spiro atoms. The number of aromatic carboxylic acids is 1. The molecule has 0 atom stereocenters. The summed E-state index contributed by atoms with van der Waals surface area (Å²) >= 11 is 0. The predicted octanol–water partition coefficient (Wildman–Crippen LogP) is 5.84. The van der Waals surface area contributed by atoms with Crippen LogP contribution in [0.5, 0.6) is 11.6 Å². The van der Waals surface area contributed by atoms with Crippen molar-refractivity contribution in [1.29, 1.82) is 0 Å². The molecule has 224 valence electrons. The number of para-hydroxylation sites is 1. The summed E-state index contributed by atoms with van der Waals surface area (Å²) in [5.41, 5.74) is 6.49. The molecule has 1 N–H and O–H groups in total. The minimum atomic E-state index is -1.11. The van der Waals surface area contributed by atoms with Crippen molar-refractivity contribution in [2.24, 2.45) is 0 Å². The Bertz CT molecular complexity index is 1610. The summed E-state index contributed by atoms with van der Waals surface area (Å²) < 4.78 is 19.3. The van der Waals surface area contributed by atoms with Gasteiger partial charge in [-0.3, -0.25) is 4.90 Å². The molecule has 2 aromatic carbocycles. The molecule has 2 aliphatic rings. The highest BCUT2D eigenvalue weighted by molar-refractivity contribution is 5.90. The number of hydrogen-bond acceptors (Lipinski definition) is 7. The molecule has 9 nitrogen and oxygen atoms in total. The number of carboxylic acid groups (broad SMARTS) is 1. The number of aromatic nitrogens is 3. The van der Waals surface area contributed by atoms with Crippen LogP contribution >= 0.6 is 0 Å². The summed E-state index contributed by atoms with van der Waals surface area (Å²) in [5, 5.41) is 13.9. The number of rotatable bonds is 9. The van der Waals surface area contributed by atoms with Crippen LogP contribution in [-0.4, -0.2) is 62.6 Å². The van der Waals surface area contributed by atoms with Crippen molar-refractivity contribution in [3.8, 4) is 28.7 Å². The van der Waals surface area contributed by atoms with Gasteiger partial charge in [-0.2, -0.15) is 9.78 Å². The van der Waals surface area contributed by atoms with Gasteiger partial charge in [0.15, 0.2) is 5.82 Å². The Morgan fingerprint density at radius 2 is 1.91 bits per heavy atom. The zero-order valence-corrected chi connectivity index (χ0v) is 25.0. The molecule has 2 aromatic heterocycles. The van der Waals surface area contributed by atoms with E-state index in [2.05, 4.69) is 28.2 Å². The van der Waals surface area contributed by atoms with Crippen molar-refractivity contribution in [2.45, 2.75) is 65.3 Å². The van der Waals surface area contributed by atoms with E-state index in [1.807, 2.05) is 51.1 Å². The first-order valence-electron chi connectivity index (χ1n) is 15.0. The number of nitrogens with zero attached hydrogens (tertiary/aromatic N) is 4. The summed E-state index contributed by atoms with van der Waals surface area (Å²) in [4.78, 5) is 19.3. The lowest BCUT2D eigenvalue weighted by molar-refractivity contribution is 0.0290. The minimum Gasteiger partial charge on any atom is -0.488 e. The smallest absolute Gasteiger partial charge is 0.342 e. The quantitative estimate of drug-likeness (QED) is 0.263. The molecule has 0 aliphatic carbocycles. The van der Waals surface area contributed by atoms with Crippen LogP contribution in [-0.2, 0) is 24.3 Å². The third kappa shape index (κ3) is 6.28. The molecule has 0 unspecified atom stereocenters. The van der Waals surface area contributed by atoms with Gasteiger partial charge in [-0.25, -0.2) is 9.78 Å². The molecule has 2 aliphatic heterocycles. The van der Waals surface area contributed by atoms with Crippen molar-refractivity contribution < 1.29 is 24.1 Å². The molecule has 9 heteroatoms. The zero-order chi connectivity index (χ0) is 29.9. The molecule has 43 heavy (non-hydrogen) atoms. The first-order chi connectivity index (χ1) is 20.9. The van der Waals surface area contributed by atoms with Crippen LogP contribution in [0.3, 0.4) is 0 Å². The Kier molecular flexibility index (Phi) is 8.44. The second-order valence-electron chi connectivity index (χ2n) is 11.5. The molecule has 0 amide bonds. The van der Waals surface area contributed by atoms with Gasteiger partial charge in [-0.05, 0) is 80.5 Å². The highest BCUT2D eigenvalue weighted by Crippen LogP contribution is 2.34. The van der Waals surface area contributed by atoms with Crippen LogP contribution in [0.1, 0.15) is 59.3 Å². The van der Waals surface area contributed by atoms with Gasteiger partial charge >= 0.3 is 5.97 Å². The summed E-state index contributed by atoms with van der Waals surface area (Å²) in [6, 6.07) is 18.9. The number of fused-ring (bicyclic) bond motifs is 1. The topological polar surface area (TPSA) is 98.9 Å². The minimum absolute atomic E-state index is 0.0122. The standard InChI is InChI=1S/C34H38N4O5/c1-22(2)43-33-29(34(39)40)19-35-38(33)31-9-5-8-30(36-31)28-7-4-6-23(3)32(28)42-21-24-10-11-26-20-37(15-12-25(26)18-24)27-13-16-41-17-14-27/h4-11,18-19,22,27H,12-17,20-21H2,1-3H3,(H,39,40). The molecule has 1 fully saturated rings. The molecule has 4 aromatic rings. The highest BCUT2D eigenvalue weighted by Gasteiger charge is 2.26. The van der Waals surface area contributed by atoms with Crippen LogP contribution < -0.4 is 9.47 Å². The molecule has 0 radical (unpaired) electrons. The number of pyridine rings is 1. The van der Waals surface area contributed by atoms with Gasteiger partial charge in [0.2, 0.25) is 5.88 Å². The van der Waals surface area contributed by atoms with Gasteiger partial charge in [-0.15, -0.1) is 0 Å². The van der Waals surface area contributed by atoms with Crippen molar-refractivity contribution in [3.63, 3.8) is 0 Å². The first kappa shape index (κ1) is 28.9. The molecule has 4 heterocycles. The Morgan fingerprint density at radius 3 is 2.70 bits per heavy atom. The molecule has 6 rings (SSSR count). The number of carboxylic acids is 1. The number of ether oxygens (including phenoxy) is 3. The first-order valence-corrected chi connectivity index (χ1v) is 15.0. The van der Waals surface area contributed by atoms with Gasteiger partial charge in [-0.1, -0.05) is 36.4 Å². The second-order valence-corrected chi connectivity index (χ2v) is 11.5. The van der Waals surface area contributed by atoms with Gasteiger partial charge in [0.25, 0.3) is 0 Å². The van der Waals surface area contributed by atoms with E-state index in [1.54, 1.807) is 6.07 Å². The fourth-order valence-electron chi connectivity index (χ4n) is 5.96. The lowest BCUT2D eigenvalue weighted by atomic mass is 9.95. The zero-order valence-electron chi connectivity index (χ0n) is 25.0. The third-order valence-corrected chi connectivity index (χ3v) is 8.14. The number of benzene rings is 2. The maximum atomic E-state index is 11.8. The van der Waals surface area contributed by atoms with E-state index in [0.717, 1.165) is 68.0 Å². The van der Waals surface area contributed by atoms with E-state index >= 15 is 0 Å². The summed E-state index contributed by atoms with van der Waals surface area (Å²) in [5.74, 6) is 0.265. The fourth-order valence-corrected chi connectivity index (χ4v) is 5.96. The lowest BCUT2D eigenvalue weighted by Crippen LogP contribution is -2.42. The van der Waals surface area contributed by atoms with E-state index in [-0.39, 0.29) is 17.5 Å². The number of carbonyl (C=O) groups is 1. The molecular formula is C34H38N4O5. The summed E-state index contributed by atoms with van der Waals surface area (Å²) in [7, 11) is 0. The number of aryl methyl sites for hydroxylation is 1. The predicted molar refractivity (Wildman–Crippen MR) is 163 cm³/mol. The summed E-state index contributed by atoms with van der Waals surface area (Å²) in [6.07, 6.45) is 4.35. The van der Waals surface area contributed by atoms with Gasteiger partial charge in [0.05, 0.1) is 18.0 Å².